The molecule has 0 N–H and O–H groups in total. The van der Waals surface area contributed by atoms with E-state index in [-0.39, 0.29) is 0 Å². The highest BCUT2D eigenvalue weighted by molar-refractivity contribution is 9.09. The summed E-state index contributed by atoms with van der Waals surface area (Å²) in [6.07, 6.45) is 2.09. The predicted octanol–water partition coefficient (Wildman–Crippen LogP) is 3.71. The molecule has 2 unspecified atom stereocenters. The smallest absolute Gasteiger partial charge is 0.231 e. The minimum absolute atomic E-state index is 0.330. The molecule has 5 nitrogen and oxygen atoms in total. The van der Waals surface area contributed by atoms with Crippen LogP contribution in [0.25, 0.3) is 0 Å². The molecule has 0 bridgehead atoms. The molecule has 2 aromatic rings. The third-order valence-corrected chi connectivity index (χ3v) is 6.99. The maximum Gasteiger partial charge on any atom is 0.231 e. The molecule has 4 heterocycles. The average Bonchev–Trinajstić information content (AvgIpc) is 3.34. The van der Waals surface area contributed by atoms with Crippen molar-refractivity contribution in [2.45, 2.75) is 25.4 Å². The second-order valence-corrected chi connectivity index (χ2v) is 8.62. The fourth-order valence-electron chi connectivity index (χ4n) is 5.29. The van der Waals surface area contributed by atoms with Gasteiger partial charge < -0.3 is 23.4 Å². The van der Waals surface area contributed by atoms with Gasteiger partial charge in [-0.15, -0.1) is 0 Å². The number of hydrogen-bond acceptors (Lipinski definition) is 4. The fourth-order valence-corrected chi connectivity index (χ4v) is 5.99. The first-order valence-corrected chi connectivity index (χ1v) is 10.6. The maximum atomic E-state index is 5.85. The van der Waals surface area contributed by atoms with E-state index in [1.165, 1.54) is 22.3 Å². The Morgan fingerprint density at radius 1 is 0.963 bits per heavy atom. The molecule has 0 spiro atoms. The van der Waals surface area contributed by atoms with E-state index in [0.717, 1.165) is 65.3 Å². The SMILES string of the molecule is BrCC[N+]12CCc3cc4c(cc3C1Cc1ccc3c(c1C2)OCO3)OCO4. The molecular weight excluding hydrogens is 410 g/mol. The maximum absolute atomic E-state index is 5.85. The summed E-state index contributed by atoms with van der Waals surface area (Å²) in [5.74, 6) is 3.65. The zero-order valence-corrected chi connectivity index (χ0v) is 16.6. The Morgan fingerprint density at radius 2 is 1.78 bits per heavy atom. The summed E-state index contributed by atoms with van der Waals surface area (Å²) in [5, 5.41) is 0.991. The first kappa shape index (κ1) is 16.1. The molecule has 6 heteroatoms. The van der Waals surface area contributed by atoms with Gasteiger partial charge >= 0.3 is 0 Å². The molecular formula is C21H21BrNO4+. The van der Waals surface area contributed by atoms with Crippen LogP contribution in [0.1, 0.15) is 28.3 Å². The van der Waals surface area contributed by atoms with Gasteiger partial charge in [-0.2, -0.15) is 0 Å². The molecule has 2 aromatic carbocycles. The second-order valence-electron chi connectivity index (χ2n) is 7.82. The molecule has 0 fully saturated rings. The van der Waals surface area contributed by atoms with Crippen molar-refractivity contribution >= 4 is 15.9 Å². The number of quaternary nitrogens is 1. The Balaban J connectivity index is 1.50. The van der Waals surface area contributed by atoms with Crippen molar-refractivity contribution < 1.29 is 23.4 Å². The topological polar surface area (TPSA) is 36.9 Å². The number of halogens is 1. The van der Waals surface area contributed by atoms with Crippen LogP contribution in [-0.4, -0.2) is 36.5 Å². The highest BCUT2D eigenvalue weighted by Crippen LogP contribution is 2.51. The summed E-state index contributed by atoms with van der Waals surface area (Å²) >= 11 is 3.72. The van der Waals surface area contributed by atoms with Gasteiger partial charge in [0.25, 0.3) is 0 Å². The van der Waals surface area contributed by atoms with E-state index in [1.54, 1.807) is 0 Å². The van der Waals surface area contributed by atoms with Crippen LogP contribution in [0.2, 0.25) is 0 Å². The van der Waals surface area contributed by atoms with E-state index < -0.39 is 0 Å². The van der Waals surface area contributed by atoms with Crippen molar-refractivity contribution in [1.29, 1.82) is 0 Å². The highest BCUT2D eigenvalue weighted by atomic mass is 79.9. The summed E-state index contributed by atoms with van der Waals surface area (Å²) < 4.78 is 23.8. The first-order valence-electron chi connectivity index (χ1n) is 9.52. The Morgan fingerprint density at radius 3 is 2.67 bits per heavy atom. The van der Waals surface area contributed by atoms with Crippen molar-refractivity contribution in [2.24, 2.45) is 0 Å². The molecule has 6 rings (SSSR count). The lowest BCUT2D eigenvalue weighted by Crippen LogP contribution is -2.57. The zero-order chi connectivity index (χ0) is 18.0. The summed E-state index contributed by atoms with van der Waals surface area (Å²) in [7, 11) is 0. The van der Waals surface area contributed by atoms with Gasteiger partial charge in [-0.1, -0.05) is 22.0 Å². The Hall–Kier alpha value is -1.92. The number of rotatable bonds is 2. The van der Waals surface area contributed by atoms with Gasteiger partial charge in [-0.3, -0.25) is 0 Å². The summed E-state index contributed by atoms with van der Waals surface area (Å²) in [6.45, 7) is 3.89. The third-order valence-electron chi connectivity index (χ3n) is 6.64. The van der Waals surface area contributed by atoms with Crippen LogP contribution in [0.15, 0.2) is 24.3 Å². The van der Waals surface area contributed by atoms with Crippen molar-refractivity contribution in [3.63, 3.8) is 0 Å². The van der Waals surface area contributed by atoms with Gasteiger partial charge in [-0.05, 0) is 29.3 Å². The van der Waals surface area contributed by atoms with Crippen LogP contribution in [0.3, 0.4) is 0 Å². The Bertz CT molecular complexity index is 946. The molecule has 140 valence electrons. The monoisotopic (exact) mass is 430 g/mol. The number of hydrogen-bond donors (Lipinski definition) is 0. The largest absolute Gasteiger partial charge is 0.454 e. The van der Waals surface area contributed by atoms with E-state index in [4.69, 9.17) is 18.9 Å². The molecule has 0 amide bonds. The number of ether oxygens (including phenoxy) is 4. The first-order chi connectivity index (χ1) is 13.3. The summed E-state index contributed by atoms with van der Waals surface area (Å²) in [6, 6.07) is 9.17. The average molecular weight is 431 g/mol. The van der Waals surface area contributed by atoms with Crippen LogP contribution in [0.4, 0.5) is 0 Å². The lowest BCUT2D eigenvalue weighted by molar-refractivity contribution is -0.971. The number of benzene rings is 2. The lowest BCUT2D eigenvalue weighted by Gasteiger charge is -2.51. The summed E-state index contributed by atoms with van der Waals surface area (Å²) in [4.78, 5) is 0. The Labute approximate surface area is 166 Å². The van der Waals surface area contributed by atoms with Crippen LogP contribution >= 0.6 is 15.9 Å². The van der Waals surface area contributed by atoms with Gasteiger partial charge in [0.15, 0.2) is 23.0 Å². The molecule has 0 saturated heterocycles. The van der Waals surface area contributed by atoms with Crippen molar-refractivity contribution in [1.82, 2.24) is 0 Å². The zero-order valence-electron chi connectivity index (χ0n) is 15.0. The van der Waals surface area contributed by atoms with Crippen molar-refractivity contribution in [3.8, 4) is 23.0 Å². The standard InChI is InChI=1S/C21H21BrNO4/c22-4-6-23-5-3-14-8-19-20(26-11-25-19)9-15(14)17(23)7-13-1-2-18-21(16(13)10-23)27-12-24-18/h1-2,8-9,17H,3-7,10-12H2/q+1. The fraction of sp³-hybridized carbons (Fsp3) is 0.429. The van der Waals surface area contributed by atoms with Gasteiger partial charge in [0.1, 0.15) is 12.6 Å². The van der Waals surface area contributed by atoms with Gasteiger partial charge in [-0.25, -0.2) is 0 Å². The lowest BCUT2D eigenvalue weighted by atomic mass is 9.81. The quantitative estimate of drug-likeness (QED) is 0.537. The van der Waals surface area contributed by atoms with E-state index in [1.807, 2.05) is 0 Å². The number of nitrogens with zero attached hydrogens (tertiary/aromatic N) is 1. The van der Waals surface area contributed by atoms with Crippen LogP contribution in [0, 0.1) is 0 Å². The molecule has 0 saturated carbocycles. The molecule has 2 atom stereocenters. The number of fused-ring (bicyclic) bond motifs is 7. The molecule has 27 heavy (non-hydrogen) atoms. The normalized spacial score (nSPS) is 26.3. The minimum atomic E-state index is 0.330. The van der Waals surface area contributed by atoms with Crippen molar-refractivity contribution in [3.05, 3.63) is 46.5 Å². The van der Waals surface area contributed by atoms with E-state index in [0.29, 0.717) is 19.6 Å². The second kappa shape index (κ2) is 5.79. The molecule has 0 radical (unpaired) electrons. The molecule has 0 aromatic heterocycles. The highest BCUT2D eigenvalue weighted by Gasteiger charge is 2.47. The molecule has 4 aliphatic heterocycles. The minimum Gasteiger partial charge on any atom is -0.454 e. The predicted molar refractivity (Wildman–Crippen MR) is 103 cm³/mol. The van der Waals surface area contributed by atoms with E-state index >= 15 is 0 Å². The number of alkyl halides is 1. The van der Waals surface area contributed by atoms with E-state index in [9.17, 15) is 0 Å². The van der Waals surface area contributed by atoms with Crippen LogP contribution in [-0.2, 0) is 19.4 Å². The Kier molecular flexibility index (Phi) is 3.44. The van der Waals surface area contributed by atoms with Crippen LogP contribution < -0.4 is 18.9 Å². The van der Waals surface area contributed by atoms with Gasteiger partial charge in [0.2, 0.25) is 13.6 Å². The van der Waals surface area contributed by atoms with Gasteiger partial charge in [0, 0.05) is 18.4 Å². The van der Waals surface area contributed by atoms with Gasteiger partial charge in [0.05, 0.1) is 24.0 Å². The molecule has 4 aliphatic rings. The van der Waals surface area contributed by atoms with Crippen LogP contribution in [0.5, 0.6) is 23.0 Å². The summed E-state index contributed by atoms with van der Waals surface area (Å²) in [5.41, 5.74) is 5.57. The van der Waals surface area contributed by atoms with E-state index in [2.05, 4.69) is 40.2 Å². The third kappa shape index (κ3) is 2.26. The van der Waals surface area contributed by atoms with Crippen molar-refractivity contribution in [2.75, 3.05) is 32.0 Å². The molecule has 0 aliphatic carbocycles.